The first-order chi connectivity index (χ1) is 10.4. The summed E-state index contributed by atoms with van der Waals surface area (Å²) in [6, 6.07) is 23.4. The first-order valence-corrected chi connectivity index (χ1v) is 7.90. The lowest BCUT2D eigenvalue weighted by Gasteiger charge is -2.38. The Balaban J connectivity index is 2.16. The second-order valence-corrected chi connectivity index (χ2v) is 5.99. The molecule has 0 aliphatic heterocycles. The summed E-state index contributed by atoms with van der Waals surface area (Å²) in [5.74, 6) is 0.418. The van der Waals surface area contributed by atoms with E-state index in [1.54, 1.807) is 0 Å². The van der Waals surface area contributed by atoms with Gasteiger partial charge in [0.15, 0.2) is 0 Å². The molecule has 0 spiro atoms. The molecule has 0 aromatic heterocycles. The lowest BCUT2D eigenvalue weighted by molar-refractivity contribution is 0.283. The van der Waals surface area contributed by atoms with E-state index in [-0.39, 0.29) is 0 Å². The molecule has 1 nitrogen and oxygen atoms in total. The highest BCUT2D eigenvalue weighted by molar-refractivity contribution is 5.47. The van der Waals surface area contributed by atoms with Crippen molar-refractivity contribution in [2.75, 3.05) is 0 Å². The van der Waals surface area contributed by atoms with E-state index in [4.69, 9.17) is 0 Å². The van der Waals surface area contributed by atoms with E-state index in [9.17, 15) is 5.26 Å². The van der Waals surface area contributed by atoms with Crippen LogP contribution < -0.4 is 0 Å². The van der Waals surface area contributed by atoms with Crippen molar-refractivity contribution in [2.45, 2.75) is 37.5 Å². The maximum atomic E-state index is 10.2. The van der Waals surface area contributed by atoms with Gasteiger partial charge in [0, 0.05) is 0 Å². The predicted molar refractivity (Wildman–Crippen MR) is 85.9 cm³/mol. The highest BCUT2D eigenvalue weighted by Crippen LogP contribution is 2.45. The van der Waals surface area contributed by atoms with Crippen LogP contribution in [-0.4, -0.2) is 0 Å². The minimum Gasteiger partial charge on any atom is -0.197 e. The van der Waals surface area contributed by atoms with Crippen LogP contribution in [0.15, 0.2) is 60.7 Å². The zero-order chi connectivity index (χ0) is 14.5. The van der Waals surface area contributed by atoms with Crippen LogP contribution in [0.1, 0.15) is 43.2 Å². The van der Waals surface area contributed by atoms with E-state index < -0.39 is 5.41 Å². The van der Waals surface area contributed by atoms with Crippen LogP contribution >= 0.6 is 0 Å². The van der Waals surface area contributed by atoms with Gasteiger partial charge in [0.2, 0.25) is 0 Å². The number of nitrogens with zero attached hydrogens (tertiary/aromatic N) is 1. The summed E-state index contributed by atoms with van der Waals surface area (Å²) in [6.07, 6.45) is 6.10. The van der Waals surface area contributed by atoms with Crippen molar-refractivity contribution >= 4 is 0 Å². The third-order valence-corrected chi connectivity index (χ3v) is 4.85. The van der Waals surface area contributed by atoms with Crippen molar-refractivity contribution in [1.82, 2.24) is 0 Å². The first-order valence-electron chi connectivity index (χ1n) is 7.90. The Kier molecular flexibility index (Phi) is 4.06. The minimum atomic E-state index is -0.497. The molecule has 106 valence electrons. The summed E-state index contributed by atoms with van der Waals surface area (Å²) in [5.41, 5.74) is 1.79. The highest BCUT2D eigenvalue weighted by Gasteiger charge is 2.42. The zero-order valence-electron chi connectivity index (χ0n) is 12.3. The van der Waals surface area contributed by atoms with Gasteiger partial charge in [0.1, 0.15) is 5.41 Å². The molecular formula is C20H21N. The quantitative estimate of drug-likeness (QED) is 0.766. The number of nitriles is 1. The van der Waals surface area contributed by atoms with Gasteiger partial charge in [-0.2, -0.15) is 5.26 Å². The van der Waals surface area contributed by atoms with Crippen molar-refractivity contribution in [3.8, 4) is 6.07 Å². The summed E-state index contributed by atoms with van der Waals surface area (Å²) in [6.45, 7) is 0. The van der Waals surface area contributed by atoms with Crippen LogP contribution in [0, 0.1) is 17.2 Å². The lowest BCUT2D eigenvalue weighted by Crippen LogP contribution is -2.36. The molecule has 1 aliphatic carbocycles. The third kappa shape index (κ3) is 2.47. The van der Waals surface area contributed by atoms with Gasteiger partial charge >= 0.3 is 0 Å². The summed E-state index contributed by atoms with van der Waals surface area (Å²) in [4.78, 5) is 0. The Morgan fingerprint density at radius 2 is 1.24 bits per heavy atom. The largest absolute Gasteiger partial charge is 0.197 e. The molecule has 0 N–H and O–H groups in total. The smallest absolute Gasteiger partial charge is 0.110 e. The van der Waals surface area contributed by atoms with Crippen LogP contribution in [-0.2, 0) is 5.41 Å². The van der Waals surface area contributed by atoms with Gasteiger partial charge in [-0.15, -0.1) is 0 Å². The Morgan fingerprint density at radius 1 is 0.762 bits per heavy atom. The van der Waals surface area contributed by atoms with Gasteiger partial charge in [-0.3, -0.25) is 0 Å². The van der Waals surface area contributed by atoms with E-state index in [0.717, 1.165) is 24.0 Å². The Morgan fingerprint density at radius 3 is 1.67 bits per heavy atom. The molecule has 0 atom stereocenters. The Labute approximate surface area is 127 Å². The number of hydrogen-bond donors (Lipinski definition) is 0. The number of benzene rings is 2. The topological polar surface area (TPSA) is 23.8 Å². The molecule has 1 fully saturated rings. The maximum Gasteiger partial charge on any atom is 0.110 e. The van der Waals surface area contributed by atoms with Crippen LogP contribution in [0.5, 0.6) is 0 Å². The molecule has 0 radical (unpaired) electrons. The SMILES string of the molecule is N#CC(c1ccccc1)(c1ccccc1)C1CCCCC1. The van der Waals surface area contributed by atoms with Crippen molar-refractivity contribution < 1.29 is 0 Å². The van der Waals surface area contributed by atoms with Gasteiger partial charge in [0.05, 0.1) is 6.07 Å². The fraction of sp³-hybridized carbons (Fsp3) is 0.350. The van der Waals surface area contributed by atoms with Crippen molar-refractivity contribution in [1.29, 1.82) is 5.26 Å². The second kappa shape index (κ2) is 6.14. The highest BCUT2D eigenvalue weighted by atomic mass is 14.5. The van der Waals surface area contributed by atoms with Gasteiger partial charge in [0.25, 0.3) is 0 Å². The molecule has 1 heteroatoms. The molecule has 0 amide bonds. The fourth-order valence-electron chi connectivity index (χ4n) is 3.80. The molecule has 0 saturated heterocycles. The third-order valence-electron chi connectivity index (χ3n) is 4.85. The fourth-order valence-corrected chi connectivity index (χ4v) is 3.80. The molecule has 0 bridgehead atoms. The van der Waals surface area contributed by atoms with E-state index in [1.165, 1.54) is 19.3 Å². The molecular weight excluding hydrogens is 254 g/mol. The van der Waals surface area contributed by atoms with Crippen molar-refractivity contribution in [3.63, 3.8) is 0 Å². The molecule has 21 heavy (non-hydrogen) atoms. The Hall–Kier alpha value is -2.07. The van der Waals surface area contributed by atoms with Gasteiger partial charge < -0.3 is 0 Å². The van der Waals surface area contributed by atoms with E-state index in [0.29, 0.717) is 5.92 Å². The summed E-state index contributed by atoms with van der Waals surface area (Å²) >= 11 is 0. The molecule has 1 saturated carbocycles. The molecule has 2 aromatic rings. The average Bonchev–Trinajstić information content (AvgIpc) is 2.59. The summed E-state index contributed by atoms with van der Waals surface area (Å²) in [5, 5.41) is 10.2. The van der Waals surface area contributed by atoms with E-state index in [2.05, 4.69) is 30.3 Å². The van der Waals surface area contributed by atoms with Gasteiger partial charge in [-0.05, 0) is 29.9 Å². The minimum absolute atomic E-state index is 0.418. The van der Waals surface area contributed by atoms with Crippen molar-refractivity contribution in [3.05, 3.63) is 71.8 Å². The molecule has 0 heterocycles. The van der Waals surface area contributed by atoms with Crippen LogP contribution in [0.2, 0.25) is 0 Å². The second-order valence-electron chi connectivity index (χ2n) is 5.99. The summed E-state index contributed by atoms with van der Waals surface area (Å²) < 4.78 is 0. The molecule has 2 aromatic carbocycles. The Bertz CT molecular complexity index is 564. The number of hydrogen-bond acceptors (Lipinski definition) is 1. The molecule has 0 unspecified atom stereocenters. The first kappa shape index (κ1) is 13.9. The van der Waals surface area contributed by atoms with E-state index in [1.807, 2.05) is 36.4 Å². The van der Waals surface area contributed by atoms with Crippen LogP contribution in [0.4, 0.5) is 0 Å². The van der Waals surface area contributed by atoms with Gasteiger partial charge in [-0.25, -0.2) is 0 Å². The predicted octanol–water partition coefficient (Wildman–Crippen LogP) is 5.08. The molecule has 1 aliphatic rings. The zero-order valence-corrected chi connectivity index (χ0v) is 12.3. The molecule has 3 rings (SSSR count). The monoisotopic (exact) mass is 275 g/mol. The normalized spacial score (nSPS) is 16.3. The standard InChI is InChI=1S/C20H21N/c21-16-20(17-10-4-1-5-11-17,18-12-6-2-7-13-18)19-14-8-3-9-15-19/h1-2,4-7,10-13,19H,3,8-9,14-15H2. The lowest BCUT2D eigenvalue weighted by atomic mass is 9.62. The van der Waals surface area contributed by atoms with Crippen LogP contribution in [0.25, 0.3) is 0 Å². The van der Waals surface area contributed by atoms with E-state index >= 15 is 0 Å². The van der Waals surface area contributed by atoms with Crippen LogP contribution in [0.3, 0.4) is 0 Å². The van der Waals surface area contributed by atoms with Gasteiger partial charge in [-0.1, -0.05) is 79.9 Å². The summed E-state index contributed by atoms with van der Waals surface area (Å²) in [7, 11) is 0. The van der Waals surface area contributed by atoms with Crippen molar-refractivity contribution in [2.24, 2.45) is 5.92 Å². The maximum absolute atomic E-state index is 10.2. The average molecular weight is 275 g/mol. The number of rotatable bonds is 3.